The Morgan fingerprint density at radius 2 is 1.94 bits per heavy atom. The number of aromatic nitrogens is 2. The maximum absolute atomic E-state index is 15.3. The Morgan fingerprint density at radius 1 is 1.18 bits per heavy atom. The number of aromatic hydroxyl groups is 1. The summed E-state index contributed by atoms with van der Waals surface area (Å²) in [5, 5.41) is 42.2. The highest BCUT2D eigenvalue weighted by molar-refractivity contribution is 8.56. The number of thioether (sulfide) groups is 1. The number of phenols is 1. The number of alkyl carbamates (subject to hydrolysis) is 1. The lowest BCUT2D eigenvalue weighted by molar-refractivity contribution is -0.326. The number of hydrogen-bond donors (Lipinski definition) is 6. The number of methoxy groups -OCH3 is 2. The number of Topliss-reactive ketones (excluding diaryl/α,β-unsaturated/α-hetero) is 2. The van der Waals surface area contributed by atoms with Gasteiger partial charge in [-0.2, -0.15) is 4.39 Å². The number of carbonyl (C=O) groups excluding carboxylic acids is 3. The largest absolute Gasteiger partial charge is 0.508 e. The van der Waals surface area contributed by atoms with Crippen LogP contribution < -0.4 is 10.6 Å². The van der Waals surface area contributed by atoms with Crippen LogP contribution in [-0.2, 0) is 62.7 Å². The topological polar surface area (TPSA) is 220 Å². The van der Waals surface area contributed by atoms with Crippen molar-refractivity contribution < 1.29 is 62.5 Å². The van der Waals surface area contributed by atoms with Gasteiger partial charge in [0.25, 0.3) is 0 Å². The van der Waals surface area contributed by atoms with Crippen LogP contribution in [0.1, 0.15) is 44.1 Å². The molecule has 11 atom stereocenters. The molecule has 2 aromatic heterocycles. The predicted octanol–water partition coefficient (Wildman–Crippen LogP) is 3.78. The minimum absolute atomic E-state index is 0.0180. The average Bonchev–Trinajstić information content (AvgIpc) is 3.65. The van der Waals surface area contributed by atoms with Crippen LogP contribution in [-0.4, -0.2) is 148 Å². The Balaban J connectivity index is 1.37. The Hall–Kier alpha value is -4.33. The van der Waals surface area contributed by atoms with E-state index in [0.29, 0.717) is 21.8 Å². The standard InChI is InChI=1S/C47H53FN4O12S4/c1-23(2)50-32-22-61-37(21-36(32)59-4)64-42-44(57)47(67-6,43(56)41-40-27(15-17-49-41)30-19-26(53)12-14-31(30)51-40)24(3)62-45(42)63-35-10-8-9-25(48)11-13-29-38(35)28(16-18-68(7,65)66)33(54)20-34(55)39(29)52-46(58)60-5/h9,12,14-17,19,23-24,32-33,35-38,42,44-45,50-51,53-54,57H,18,20-22H2,1-7H3,(H,52,58)/b25-9+,28-16-/t24?,32?,33-,35-,36?,37?,38?,42?,44?,45?,47?/m0/s1. The lowest BCUT2D eigenvalue weighted by Crippen LogP contribution is -2.69. The zero-order chi connectivity index (χ0) is 49.2. The molecule has 7 rings (SSSR count). The first-order valence-electron chi connectivity index (χ1n) is 21.6. The van der Waals surface area contributed by atoms with Crippen molar-refractivity contribution in [3.63, 3.8) is 0 Å². The van der Waals surface area contributed by atoms with Crippen LogP contribution in [0.25, 0.3) is 21.8 Å². The fraction of sp³-hybridized carbons (Fsp3) is 0.489. The van der Waals surface area contributed by atoms with Gasteiger partial charge in [-0.15, -0.1) is 11.8 Å². The Bertz CT molecular complexity index is 2810. The summed E-state index contributed by atoms with van der Waals surface area (Å²) >= 11 is 12.2. The molecule has 0 radical (unpaired) electrons. The molecule has 3 aromatic rings. The molecule has 1 aromatic carbocycles. The number of H-pyrrole nitrogens is 1. The minimum Gasteiger partial charge on any atom is -0.508 e. The maximum atomic E-state index is 15.3. The van der Waals surface area contributed by atoms with Gasteiger partial charge in [-0.1, -0.05) is 44.8 Å². The van der Waals surface area contributed by atoms with E-state index in [1.807, 2.05) is 13.8 Å². The molecule has 0 bridgehead atoms. The quantitative estimate of drug-likeness (QED) is 0.0816. The summed E-state index contributed by atoms with van der Waals surface area (Å²) < 4.78 is 50.6. The number of fused-ring (bicyclic) bond motifs is 4. The zero-order valence-corrected chi connectivity index (χ0v) is 41.5. The summed E-state index contributed by atoms with van der Waals surface area (Å²) in [6.45, 7) is 5.72. The van der Waals surface area contributed by atoms with Crippen LogP contribution in [0.5, 0.6) is 5.75 Å². The smallest absolute Gasteiger partial charge is 0.411 e. The Kier molecular flexibility index (Phi) is 16.2. The molecular weight excluding hydrogens is 960 g/mol. The second-order valence-corrected chi connectivity index (χ2v) is 25.4. The number of nitrogens with one attached hydrogen (secondary N) is 3. The molecule has 2 fully saturated rings. The number of aliphatic hydroxyl groups is 2. The fourth-order valence-electron chi connectivity index (χ4n) is 9.02. The Morgan fingerprint density at radius 3 is 2.63 bits per heavy atom. The van der Waals surface area contributed by atoms with Crippen LogP contribution in [0.4, 0.5) is 9.18 Å². The maximum Gasteiger partial charge on any atom is 0.411 e. The molecule has 1 amide bonds. The highest BCUT2D eigenvalue weighted by Crippen LogP contribution is 2.46. The van der Waals surface area contributed by atoms with Crippen molar-refractivity contribution in [1.82, 2.24) is 20.6 Å². The number of halogens is 1. The van der Waals surface area contributed by atoms with Gasteiger partial charge in [0.1, 0.15) is 34.5 Å². The third kappa shape index (κ3) is 10.7. The van der Waals surface area contributed by atoms with E-state index in [0.717, 1.165) is 24.9 Å². The van der Waals surface area contributed by atoms with Gasteiger partial charge in [0.2, 0.25) is 5.78 Å². The molecule has 9 unspecified atom stereocenters. The number of benzene rings is 1. The molecule has 4 heterocycles. The van der Waals surface area contributed by atoms with Gasteiger partial charge in [0.05, 0.1) is 55.2 Å². The molecule has 4 aliphatic rings. The van der Waals surface area contributed by atoms with Gasteiger partial charge < -0.3 is 54.0 Å². The molecule has 0 saturated carbocycles. The Labute approximate surface area is 406 Å². The summed E-state index contributed by atoms with van der Waals surface area (Å²) in [6.07, 6.45) is -4.75. The number of phenolic OH excluding ortho intramolecular Hbond substituents is 1. The normalized spacial score (nSPS) is 31.3. The van der Waals surface area contributed by atoms with Gasteiger partial charge in [-0.05, 0) is 77.6 Å². The zero-order valence-electron chi connectivity index (χ0n) is 38.2. The number of hydrogen-bond acceptors (Lipinski definition) is 17. The van der Waals surface area contributed by atoms with Crippen molar-refractivity contribution in [1.29, 1.82) is 0 Å². The van der Waals surface area contributed by atoms with Crippen molar-refractivity contribution in [3.8, 4) is 29.4 Å². The summed E-state index contributed by atoms with van der Waals surface area (Å²) in [5.41, 5.74) is 0.540. The highest BCUT2D eigenvalue weighted by atomic mass is 33.1. The number of aliphatic hydroxyl groups excluding tert-OH is 2. The van der Waals surface area contributed by atoms with E-state index in [4.69, 9.17) is 50.8 Å². The van der Waals surface area contributed by atoms with E-state index >= 15 is 9.18 Å². The van der Waals surface area contributed by atoms with Crippen LogP contribution in [0.3, 0.4) is 0 Å². The molecular formula is C47H53FN4O12S4. The van der Waals surface area contributed by atoms with Crippen LogP contribution in [0.15, 0.2) is 65.3 Å². The summed E-state index contributed by atoms with van der Waals surface area (Å²) in [6, 6.07) is 6.34. The molecule has 21 heteroatoms. The summed E-state index contributed by atoms with van der Waals surface area (Å²) in [5.74, 6) is 7.00. The number of allylic oxidation sites excluding steroid dienone is 3. The van der Waals surface area contributed by atoms with E-state index in [-0.39, 0.29) is 53.5 Å². The number of ketones is 2. The van der Waals surface area contributed by atoms with E-state index in [2.05, 4.69) is 44.3 Å². The number of amides is 1. The van der Waals surface area contributed by atoms with Crippen LogP contribution >= 0.6 is 11.8 Å². The van der Waals surface area contributed by atoms with E-state index in [9.17, 15) is 24.9 Å². The second-order valence-electron chi connectivity index (χ2n) is 17.1. The number of carbonyl (C=O) groups is 3. The second kappa shape index (κ2) is 21.3. The van der Waals surface area contributed by atoms with Crippen molar-refractivity contribution in [2.24, 2.45) is 5.92 Å². The van der Waals surface area contributed by atoms with Crippen molar-refractivity contribution in [3.05, 3.63) is 71.0 Å². The monoisotopic (exact) mass is 1010 g/mol. The SMILES string of the molecule is COC(=O)NC1=C2C#C/C(F)=C\C#C[C@H](OC3OC(C)C(SC)(C(=O)c4nccc5c4[nH]c4ccc(O)cc45)C(O)C3OC3CC(OC)C(NC(C)C)CO3)C2/C(=C\CS(C)(=S)=S)[C@@H](O)CC1=O. The third-order valence-electron chi connectivity index (χ3n) is 12.2. The number of ether oxygens (including phenoxy) is 6. The number of pyridine rings is 1. The van der Waals surface area contributed by atoms with E-state index in [1.165, 1.54) is 12.3 Å². The number of rotatable bonds is 13. The molecule has 0 spiro atoms. The van der Waals surface area contributed by atoms with E-state index < -0.39 is 103 Å². The lowest BCUT2D eigenvalue weighted by atomic mass is 9.82. The molecule has 6 N–H and O–H groups in total. The van der Waals surface area contributed by atoms with Crippen molar-refractivity contribution in [2.45, 2.75) is 99.6 Å². The van der Waals surface area contributed by atoms with Crippen molar-refractivity contribution >= 4 is 80.8 Å². The highest BCUT2D eigenvalue weighted by Gasteiger charge is 2.61. The first-order chi connectivity index (χ1) is 32.3. The molecule has 2 aliphatic heterocycles. The van der Waals surface area contributed by atoms with Crippen LogP contribution in [0, 0.1) is 29.6 Å². The van der Waals surface area contributed by atoms with Gasteiger partial charge in [0.15, 0.2) is 24.2 Å². The summed E-state index contributed by atoms with van der Waals surface area (Å²) in [7, 11) is 0.547. The molecule has 2 saturated heterocycles. The molecule has 2 aliphatic carbocycles. The number of nitrogens with zero attached hydrogens (tertiary/aromatic N) is 1. The molecule has 364 valence electrons. The summed E-state index contributed by atoms with van der Waals surface area (Å²) in [4.78, 5) is 49.8. The fourth-order valence-corrected chi connectivity index (χ4v) is 11.0. The van der Waals surface area contributed by atoms with Crippen LogP contribution in [0.2, 0.25) is 0 Å². The first kappa shape index (κ1) is 51.5. The van der Waals surface area contributed by atoms with Gasteiger partial charge in [-0.25, -0.2) is 4.79 Å². The predicted molar refractivity (Wildman–Crippen MR) is 261 cm³/mol. The lowest BCUT2D eigenvalue weighted by Gasteiger charge is -2.51. The van der Waals surface area contributed by atoms with Gasteiger partial charge >= 0.3 is 6.09 Å². The van der Waals surface area contributed by atoms with E-state index in [1.54, 1.807) is 50.8 Å². The molecule has 68 heavy (non-hydrogen) atoms. The number of aromatic amines is 1. The minimum atomic E-state index is -2.11. The third-order valence-corrected chi connectivity index (χ3v) is 15.2. The first-order valence-corrected chi connectivity index (χ1v) is 26.9. The van der Waals surface area contributed by atoms with Gasteiger partial charge in [0, 0.05) is 65.9 Å². The van der Waals surface area contributed by atoms with Crippen molar-refractivity contribution in [2.75, 3.05) is 39.1 Å². The van der Waals surface area contributed by atoms with Gasteiger partial charge in [-0.3, -0.25) is 19.9 Å². The molecule has 16 nitrogen and oxygen atoms in total. The average molecular weight is 1010 g/mol.